The summed E-state index contributed by atoms with van der Waals surface area (Å²) in [6.45, 7) is 2.85. The molecule has 1 aliphatic rings. The lowest BCUT2D eigenvalue weighted by atomic mass is 10.2. The molecule has 0 aromatic carbocycles. The summed E-state index contributed by atoms with van der Waals surface area (Å²) in [5.41, 5.74) is 6.77. The van der Waals surface area contributed by atoms with Crippen LogP contribution in [-0.2, 0) is 13.0 Å². The first-order chi connectivity index (χ1) is 6.29. The lowest BCUT2D eigenvalue weighted by molar-refractivity contribution is 0.185. The van der Waals surface area contributed by atoms with Crippen LogP contribution in [-0.4, -0.2) is 34.7 Å². The summed E-state index contributed by atoms with van der Waals surface area (Å²) in [5, 5.41) is 9.46. The number of β-amino-alcohol motifs (C(OH)–C–C–N with tert-alkyl or cyclic N) is 1. The van der Waals surface area contributed by atoms with Gasteiger partial charge in [0.2, 0.25) is 0 Å². The van der Waals surface area contributed by atoms with E-state index in [0.717, 1.165) is 31.7 Å². The van der Waals surface area contributed by atoms with Crippen molar-refractivity contribution >= 4 is 16.5 Å². The summed E-state index contributed by atoms with van der Waals surface area (Å²) in [7, 11) is 0. The zero-order chi connectivity index (χ0) is 9.26. The number of nitrogen functional groups attached to an aromatic ring is 1. The maximum absolute atomic E-state index is 8.79. The molecule has 0 unspecified atom stereocenters. The molecule has 3 N–H and O–H groups in total. The fourth-order valence-electron chi connectivity index (χ4n) is 1.60. The summed E-state index contributed by atoms with van der Waals surface area (Å²) in [6.07, 6.45) is 0.961. The number of aliphatic hydroxyl groups excluding tert-OH is 1. The van der Waals surface area contributed by atoms with Crippen molar-refractivity contribution in [3.05, 3.63) is 10.6 Å². The minimum absolute atomic E-state index is 0.226. The smallest absolute Gasteiger partial charge is 0.180 e. The average Bonchev–Trinajstić information content (AvgIpc) is 2.44. The molecule has 0 fully saturated rings. The molecule has 0 aliphatic carbocycles. The second kappa shape index (κ2) is 3.61. The molecule has 72 valence electrons. The van der Waals surface area contributed by atoms with Crippen LogP contribution < -0.4 is 5.73 Å². The maximum Gasteiger partial charge on any atom is 0.180 e. The molecule has 1 aromatic heterocycles. The van der Waals surface area contributed by atoms with E-state index in [1.165, 1.54) is 4.88 Å². The number of aromatic nitrogens is 1. The Balaban J connectivity index is 2.10. The van der Waals surface area contributed by atoms with Gasteiger partial charge in [-0.25, -0.2) is 4.98 Å². The second-order valence-electron chi connectivity index (χ2n) is 3.17. The molecule has 2 rings (SSSR count). The number of anilines is 1. The number of fused-ring (bicyclic) bond motifs is 1. The van der Waals surface area contributed by atoms with Crippen molar-refractivity contribution in [1.29, 1.82) is 0 Å². The van der Waals surface area contributed by atoms with E-state index in [1.807, 2.05) is 0 Å². The van der Waals surface area contributed by atoms with Gasteiger partial charge in [0, 0.05) is 30.9 Å². The first-order valence-electron chi connectivity index (χ1n) is 4.37. The third-order valence-electron chi connectivity index (χ3n) is 2.24. The zero-order valence-electron chi connectivity index (χ0n) is 7.36. The first kappa shape index (κ1) is 8.93. The van der Waals surface area contributed by atoms with Crippen LogP contribution >= 0.6 is 11.3 Å². The molecule has 13 heavy (non-hydrogen) atoms. The Bertz CT molecular complexity index is 300. The molecular formula is C8H13N3OS. The molecule has 1 aromatic rings. The molecule has 5 heteroatoms. The normalized spacial score (nSPS) is 17.3. The molecule has 0 bridgehead atoms. The van der Waals surface area contributed by atoms with Crippen molar-refractivity contribution in [3.63, 3.8) is 0 Å². The predicted molar refractivity (Wildman–Crippen MR) is 52.6 cm³/mol. The van der Waals surface area contributed by atoms with Crippen LogP contribution in [0.15, 0.2) is 0 Å². The fourth-order valence-corrected chi connectivity index (χ4v) is 2.52. The monoisotopic (exact) mass is 199 g/mol. The molecule has 1 aliphatic heterocycles. The predicted octanol–water partition coefficient (Wildman–Crippen LogP) is 0.0757. The third-order valence-corrected chi connectivity index (χ3v) is 3.15. The minimum Gasteiger partial charge on any atom is -0.395 e. The largest absolute Gasteiger partial charge is 0.395 e. The van der Waals surface area contributed by atoms with Crippen molar-refractivity contribution in [2.75, 3.05) is 25.4 Å². The summed E-state index contributed by atoms with van der Waals surface area (Å²) < 4.78 is 0. The van der Waals surface area contributed by atoms with Gasteiger partial charge in [0.15, 0.2) is 5.13 Å². The number of nitrogens with two attached hydrogens (primary N) is 1. The molecule has 2 heterocycles. The Morgan fingerprint density at radius 2 is 2.46 bits per heavy atom. The van der Waals surface area contributed by atoms with Crippen molar-refractivity contribution in [1.82, 2.24) is 9.88 Å². The Morgan fingerprint density at radius 1 is 1.62 bits per heavy atom. The quantitative estimate of drug-likeness (QED) is 0.708. The number of thiazole rings is 1. The molecule has 0 amide bonds. The van der Waals surface area contributed by atoms with E-state index in [2.05, 4.69) is 9.88 Å². The minimum atomic E-state index is 0.226. The van der Waals surface area contributed by atoms with Crippen LogP contribution in [0.4, 0.5) is 5.13 Å². The second-order valence-corrected chi connectivity index (χ2v) is 4.29. The molecular weight excluding hydrogens is 186 g/mol. The summed E-state index contributed by atoms with van der Waals surface area (Å²) >= 11 is 1.56. The molecule has 0 radical (unpaired) electrons. The molecule has 4 nitrogen and oxygen atoms in total. The van der Waals surface area contributed by atoms with E-state index in [1.54, 1.807) is 11.3 Å². The van der Waals surface area contributed by atoms with Gasteiger partial charge in [-0.05, 0) is 0 Å². The van der Waals surface area contributed by atoms with Crippen molar-refractivity contribution in [3.8, 4) is 0 Å². The first-order valence-corrected chi connectivity index (χ1v) is 5.18. The number of rotatable bonds is 2. The Morgan fingerprint density at radius 3 is 3.23 bits per heavy atom. The van der Waals surface area contributed by atoms with Crippen LogP contribution in [0.25, 0.3) is 0 Å². The van der Waals surface area contributed by atoms with E-state index in [9.17, 15) is 0 Å². The van der Waals surface area contributed by atoms with E-state index < -0.39 is 0 Å². The molecule has 0 saturated carbocycles. The number of hydrogen-bond acceptors (Lipinski definition) is 5. The highest BCUT2D eigenvalue weighted by Gasteiger charge is 2.19. The highest BCUT2D eigenvalue weighted by molar-refractivity contribution is 7.15. The van der Waals surface area contributed by atoms with E-state index >= 15 is 0 Å². The molecule has 0 atom stereocenters. The average molecular weight is 199 g/mol. The summed E-state index contributed by atoms with van der Waals surface area (Å²) in [4.78, 5) is 7.74. The van der Waals surface area contributed by atoms with Crippen LogP contribution in [0.5, 0.6) is 0 Å². The highest BCUT2D eigenvalue weighted by Crippen LogP contribution is 2.25. The van der Waals surface area contributed by atoms with E-state index in [4.69, 9.17) is 10.8 Å². The van der Waals surface area contributed by atoms with Gasteiger partial charge in [-0.3, -0.25) is 4.90 Å². The van der Waals surface area contributed by atoms with Gasteiger partial charge >= 0.3 is 0 Å². The standard InChI is InChI=1S/C8H13N3OS/c9-8-10-6-1-2-11(3-4-12)5-7(6)13-8/h12H,1-5H2,(H2,9,10). The van der Waals surface area contributed by atoms with Crippen LogP contribution in [0.2, 0.25) is 0 Å². The lowest BCUT2D eigenvalue weighted by Crippen LogP contribution is -2.32. The zero-order valence-corrected chi connectivity index (χ0v) is 8.18. The van der Waals surface area contributed by atoms with Crippen molar-refractivity contribution in [2.45, 2.75) is 13.0 Å². The number of aliphatic hydroxyl groups is 1. The van der Waals surface area contributed by atoms with Gasteiger partial charge < -0.3 is 10.8 Å². The Kier molecular flexibility index (Phi) is 2.48. The van der Waals surface area contributed by atoms with E-state index in [-0.39, 0.29) is 6.61 Å². The van der Waals surface area contributed by atoms with Gasteiger partial charge in [-0.2, -0.15) is 0 Å². The van der Waals surface area contributed by atoms with Gasteiger partial charge in [-0.1, -0.05) is 0 Å². The van der Waals surface area contributed by atoms with Crippen LogP contribution in [0, 0.1) is 0 Å². The number of nitrogens with zero attached hydrogens (tertiary/aromatic N) is 2. The van der Waals surface area contributed by atoms with Crippen molar-refractivity contribution in [2.24, 2.45) is 0 Å². The van der Waals surface area contributed by atoms with Gasteiger partial charge in [0.25, 0.3) is 0 Å². The molecule has 0 spiro atoms. The molecule has 0 saturated heterocycles. The number of hydrogen-bond donors (Lipinski definition) is 2. The SMILES string of the molecule is Nc1nc2c(s1)CN(CCO)CC2. The summed E-state index contributed by atoms with van der Waals surface area (Å²) in [5.74, 6) is 0. The Hall–Kier alpha value is -0.650. The van der Waals surface area contributed by atoms with Crippen molar-refractivity contribution < 1.29 is 5.11 Å². The topological polar surface area (TPSA) is 62.4 Å². The van der Waals surface area contributed by atoms with E-state index in [0.29, 0.717) is 5.13 Å². The van der Waals surface area contributed by atoms with Gasteiger partial charge in [-0.15, -0.1) is 11.3 Å². The van der Waals surface area contributed by atoms with Crippen LogP contribution in [0.1, 0.15) is 10.6 Å². The third kappa shape index (κ3) is 1.82. The lowest BCUT2D eigenvalue weighted by Gasteiger charge is -2.24. The Labute approximate surface area is 81.0 Å². The van der Waals surface area contributed by atoms with Crippen LogP contribution in [0.3, 0.4) is 0 Å². The highest BCUT2D eigenvalue weighted by atomic mass is 32.1. The maximum atomic E-state index is 8.79. The summed E-state index contributed by atoms with van der Waals surface area (Å²) in [6, 6.07) is 0. The fraction of sp³-hybridized carbons (Fsp3) is 0.625. The van der Waals surface area contributed by atoms with Gasteiger partial charge in [0.1, 0.15) is 0 Å². The van der Waals surface area contributed by atoms with Gasteiger partial charge in [0.05, 0.1) is 12.3 Å².